The van der Waals surface area contributed by atoms with Gasteiger partial charge in [-0.2, -0.15) is 0 Å². The molecule has 0 radical (unpaired) electrons. The van der Waals surface area contributed by atoms with Gasteiger partial charge in [0.2, 0.25) is 5.91 Å². The lowest BCUT2D eigenvalue weighted by Gasteiger charge is -2.32. The maximum atomic E-state index is 12.9. The van der Waals surface area contributed by atoms with E-state index in [-0.39, 0.29) is 30.8 Å². The van der Waals surface area contributed by atoms with Gasteiger partial charge in [-0.25, -0.2) is 4.79 Å². The molecule has 0 aliphatic carbocycles. The number of esters is 1. The Hall–Kier alpha value is -2.79. The molecule has 0 bridgehead atoms. The van der Waals surface area contributed by atoms with Gasteiger partial charge >= 0.3 is 5.97 Å². The van der Waals surface area contributed by atoms with E-state index in [0.717, 1.165) is 5.56 Å². The lowest BCUT2D eigenvalue weighted by Crippen LogP contribution is -2.37. The van der Waals surface area contributed by atoms with E-state index < -0.39 is 0 Å². The fourth-order valence-electron chi connectivity index (χ4n) is 3.49. The van der Waals surface area contributed by atoms with E-state index >= 15 is 0 Å². The molecule has 6 heteroatoms. The monoisotopic (exact) mass is 369 g/mol. The first kappa shape index (κ1) is 16.7. The average molecular weight is 370 g/mol. The molecule has 4 rings (SSSR count). The van der Waals surface area contributed by atoms with Crippen LogP contribution < -0.4 is 9.64 Å². The van der Waals surface area contributed by atoms with Gasteiger partial charge in [0.1, 0.15) is 12.4 Å². The number of rotatable bonds is 3. The topological polar surface area (TPSA) is 55.8 Å². The Labute approximate surface area is 155 Å². The minimum absolute atomic E-state index is 0.0859. The molecule has 2 aliphatic rings. The van der Waals surface area contributed by atoms with Crippen LogP contribution in [0.4, 0.5) is 5.69 Å². The van der Waals surface area contributed by atoms with E-state index in [4.69, 9.17) is 21.1 Å². The van der Waals surface area contributed by atoms with Gasteiger partial charge in [-0.15, -0.1) is 0 Å². The summed E-state index contributed by atoms with van der Waals surface area (Å²) in [6.07, 6.45) is 0.184. The molecule has 0 aromatic heterocycles. The molecule has 0 saturated carbocycles. The Morgan fingerprint density at radius 2 is 1.92 bits per heavy atom. The summed E-state index contributed by atoms with van der Waals surface area (Å²) in [5.41, 5.74) is 2.67. The lowest BCUT2D eigenvalue weighted by molar-refractivity contribution is -0.136. The predicted molar refractivity (Wildman–Crippen MR) is 97.3 cm³/mol. The van der Waals surface area contributed by atoms with E-state index in [9.17, 15) is 9.59 Å². The summed E-state index contributed by atoms with van der Waals surface area (Å²) in [4.78, 5) is 26.9. The number of methoxy groups -OCH3 is 1. The van der Waals surface area contributed by atoms with Crippen molar-refractivity contribution in [1.82, 2.24) is 0 Å². The van der Waals surface area contributed by atoms with Crippen molar-refractivity contribution in [1.29, 1.82) is 0 Å². The molecule has 0 unspecified atom stereocenters. The number of carbonyl (C=O) groups is 2. The van der Waals surface area contributed by atoms with Crippen molar-refractivity contribution >= 4 is 29.2 Å². The molecule has 1 atom stereocenters. The largest absolute Gasteiger partial charge is 0.497 e. The van der Waals surface area contributed by atoms with E-state index in [0.29, 0.717) is 27.7 Å². The van der Waals surface area contributed by atoms with E-state index in [1.165, 1.54) is 0 Å². The van der Waals surface area contributed by atoms with Crippen molar-refractivity contribution in [2.45, 2.75) is 12.3 Å². The first-order valence-corrected chi connectivity index (χ1v) is 8.59. The number of carbonyl (C=O) groups excluding carboxylic acids is 2. The van der Waals surface area contributed by atoms with Crippen molar-refractivity contribution in [2.75, 3.05) is 18.6 Å². The van der Waals surface area contributed by atoms with Crippen LogP contribution in [0.25, 0.3) is 0 Å². The van der Waals surface area contributed by atoms with Gasteiger partial charge < -0.3 is 9.47 Å². The van der Waals surface area contributed by atoms with Crippen LogP contribution in [0.5, 0.6) is 5.75 Å². The smallest absolute Gasteiger partial charge is 0.336 e. The Kier molecular flexibility index (Phi) is 4.17. The van der Waals surface area contributed by atoms with Gasteiger partial charge in [-0.05, 0) is 42.0 Å². The Bertz CT molecular complexity index is 920. The second kappa shape index (κ2) is 6.50. The zero-order valence-corrected chi connectivity index (χ0v) is 14.8. The van der Waals surface area contributed by atoms with Gasteiger partial charge in [0.05, 0.1) is 18.4 Å². The molecule has 0 fully saturated rings. The number of amides is 1. The number of nitrogens with zero attached hydrogens (tertiary/aromatic N) is 1. The number of ether oxygens (including phenoxy) is 2. The van der Waals surface area contributed by atoms with Gasteiger partial charge in [0, 0.05) is 23.0 Å². The minimum Gasteiger partial charge on any atom is -0.497 e. The van der Waals surface area contributed by atoms with E-state index in [2.05, 4.69) is 0 Å². The van der Waals surface area contributed by atoms with Crippen LogP contribution in [0, 0.1) is 0 Å². The first-order valence-electron chi connectivity index (χ1n) is 8.21. The van der Waals surface area contributed by atoms with Gasteiger partial charge in [0.15, 0.2) is 0 Å². The molecule has 0 saturated heterocycles. The third-order valence-corrected chi connectivity index (χ3v) is 4.95. The third kappa shape index (κ3) is 2.74. The van der Waals surface area contributed by atoms with Crippen molar-refractivity contribution in [3.63, 3.8) is 0 Å². The number of hydrogen-bond acceptors (Lipinski definition) is 4. The van der Waals surface area contributed by atoms with Gasteiger partial charge in [-0.1, -0.05) is 23.7 Å². The number of halogens is 1. The fraction of sp³-hybridized carbons (Fsp3) is 0.200. The summed E-state index contributed by atoms with van der Waals surface area (Å²) in [6, 6.07) is 14.4. The summed E-state index contributed by atoms with van der Waals surface area (Å²) in [5.74, 6) is -0.119. The quantitative estimate of drug-likeness (QED) is 0.774. The molecule has 5 nitrogen and oxygen atoms in total. The highest BCUT2D eigenvalue weighted by atomic mass is 35.5. The van der Waals surface area contributed by atoms with Crippen LogP contribution in [-0.2, 0) is 14.3 Å². The van der Waals surface area contributed by atoms with E-state index in [1.54, 1.807) is 36.3 Å². The van der Waals surface area contributed by atoms with Crippen molar-refractivity contribution in [3.05, 3.63) is 70.4 Å². The maximum Gasteiger partial charge on any atom is 0.336 e. The number of cyclic esters (lactones) is 1. The normalized spacial score (nSPS) is 19.5. The standard InChI is InChI=1S/C20H16ClNO4/c1-25-15-4-2-3-12(9-15)16-10-18(23)22(14-7-5-13(21)6-8-14)17-11-26-20(24)19(16)17/h2-9,16H,10-11H2,1H3/t16-/m1/s1. The zero-order chi connectivity index (χ0) is 18.3. The summed E-state index contributed by atoms with van der Waals surface area (Å²) in [6.45, 7) is 0.0863. The first-order chi connectivity index (χ1) is 12.6. The third-order valence-electron chi connectivity index (χ3n) is 4.70. The molecule has 132 valence electrons. The average Bonchev–Trinajstić information content (AvgIpc) is 3.04. The molecule has 2 aliphatic heterocycles. The van der Waals surface area contributed by atoms with Crippen LogP contribution in [-0.4, -0.2) is 25.6 Å². The highest BCUT2D eigenvalue weighted by Gasteiger charge is 2.43. The number of benzene rings is 2. The molecule has 26 heavy (non-hydrogen) atoms. The van der Waals surface area contributed by atoms with Crippen molar-refractivity contribution < 1.29 is 19.1 Å². The van der Waals surface area contributed by atoms with E-state index in [1.807, 2.05) is 24.3 Å². The molecular formula is C20H16ClNO4. The number of hydrogen-bond donors (Lipinski definition) is 0. The molecule has 1 amide bonds. The maximum absolute atomic E-state index is 12.9. The summed E-state index contributed by atoms with van der Waals surface area (Å²) >= 11 is 5.95. The summed E-state index contributed by atoms with van der Waals surface area (Å²) in [5, 5.41) is 0.584. The van der Waals surface area contributed by atoms with Crippen LogP contribution in [0.15, 0.2) is 59.8 Å². The molecular weight excluding hydrogens is 354 g/mol. The zero-order valence-electron chi connectivity index (χ0n) is 14.1. The summed E-state index contributed by atoms with van der Waals surface area (Å²) < 4.78 is 10.5. The molecule has 2 heterocycles. The molecule has 0 N–H and O–H groups in total. The van der Waals surface area contributed by atoms with Crippen molar-refractivity contribution in [3.8, 4) is 5.75 Å². The van der Waals surface area contributed by atoms with Crippen LogP contribution in [0.3, 0.4) is 0 Å². The molecule has 0 spiro atoms. The minimum atomic E-state index is -0.376. The van der Waals surface area contributed by atoms with Crippen LogP contribution in [0.2, 0.25) is 5.02 Å². The predicted octanol–water partition coefficient (Wildman–Crippen LogP) is 3.68. The van der Waals surface area contributed by atoms with Crippen LogP contribution >= 0.6 is 11.6 Å². The Balaban J connectivity index is 1.81. The van der Waals surface area contributed by atoms with Crippen LogP contribution in [0.1, 0.15) is 17.9 Å². The lowest BCUT2D eigenvalue weighted by atomic mass is 9.84. The highest BCUT2D eigenvalue weighted by molar-refractivity contribution is 6.30. The Morgan fingerprint density at radius 1 is 1.15 bits per heavy atom. The fourth-order valence-corrected chi connectivity index (χ4v) is 3.61. The van der Waals surface area contributed by atoms with Crippen molar-refractivity contribution in [2.24, 2.45) is 0 Å². The Morgan fingerprint density at radius 3 is 2.65 bits per heavy atom. The van der Waals surface area contributed by atoms with Gasteiger partial charge in [-0.3, -0.25) is 9.69 Å². The number of anilines is 1. The highest BCUT2D eigenvalue weighted by Crippen LogP contribution is 2.42. The second-order valence-corrected chi connectivity index (χ2v) is 6.61. The summed E-state index contributed by atoms with van der Waals surface area (Å²) in [7, 11) is 1.59. The molecule has 2 aromatic carbocycles. The SMILES string of the molecule is COc1cccc([C@H]2CC(=O)N(c3ccc(Cl)cc3)C3=C2C(=O)OC3)c1. The second-order valence-electron chi connectivity index (χ2n) is 6.18. The van der Waals surface area contributed by atoms with Gasteiger partial charge in [0.25, 0.3) is 0 Å². The molecule has 2 aromatic rings.